The first-order valence-corrected chi connectivity index (χ1v) is 9.09. The van der Waals surface area contributed by atoms with Gasteiger partial charge >= 0.3 is 0 Å². The highest BCUT2D eigenvalue weighted by atomic mass is 32.1. The summed E-state index contributed by atoms with van der Waals surface area (Å²) >= 11 is 3.83. The van der Waals surface area contributed by atoms with Crippen molar-refractivity contribution in [2.45, 2.75) is 45.4 Å². The minimum Gasteiger partial charge on any atom is -0.312 e. The third kappa shape index (κ3) is 3.92. The Hall–Kier alpha value is -0.680. The number of rotatable bonds is 8. The molecule has 2 heterocycles. The Labute approximate surface area is 129 Å². The predicted octanol–water partition coefficient (Wildman–Crippen LogP) is 4.08. The fourth-order valence-corrected chi connectivity index (χ4v) is 4.15. The van der Waals surface area contributed by atoms with Crippen molar-refractivity contribution in [3.63, 3.8) is 0 Å². The van der Waals surface area contributed by atoms with E-state index in [-0.39, 0.29) is 0 Å². The number of hydrogen-bond acceptors (Lipinski definition) is 4. The molecule has 108 valence electrons. The molecule has 1 saturated carbocycles. The summed E-state index contributed by atoms with van der Waals surface area (Å²) in [4.78, 5) is 7.09. The molecule has 1 aliphatic rings. The second-order valence-electron chi connectivity index (χ2n) is 5.36. The molecule has 0 saturated heterocycles. The summed E-state index contributed by atoms with van der Waals surface area (Å²) in [5.74, 6) is 0. The Bertz CT molecular complexity index is 514. The van der Waals surface area contributed by atoms with E-state index in [1.807, 2.05) is 22.7 Å². The van der Waals surface area contributed by atoms with Crippen LogP contribution >= 0.6 is 22.7 Å². The summed E-state index contributed by atoms with van der Waals surface area (Å²) in [6.45, 7) is 6.43. The number of nitrogens with zero attached hydrogens (tertiary/aromatic N) is 1. The number of nitrogens with one attached hydrogen (secondary N) is 1. The summed E-state index contributed by atoms with van der Waals surface area (Å²) in [6, 6.07) is 9.81. The lowest BCUT2D eigenvalue weighted by molar-refractivity contribution is 0.250. The maximum atomic E-state index is 3.40. The van der Waals surface area contributed by atoms with E-state index >= 15 is 0 Å². The van der Waals surface area contributed by atoms with Crippen LogP contribution in [0.3, 0.4) is 0 Å². The Morgan fingerprint density at radius 3 is 2.65 bits per heavy atom. The van der Waals surface area contributed by atoms with Gasteiger partial charge in [0.2, 0.25) is 0 Å². The highest BCUT2D eigenvalue weighted by Gasteiger charge is 2.29. The summed E-state index contributed by atoms with van der Waals surface area (Å²) in [6.07, 6.45) is 2.75. The molecular formula is C16H22N2S2. The summed E-state index contributed by atoms with van der Waals surface area (Å²) in [5, 5.41) is 5.58. The normalized spacial score (nSPS) is 15.1. The van der Waals surface area contributed by atoms with Crippen molar-refractivity contribution in [2.24, 2.45) is 0 Å². The highest BCUT2D eigenvalue weighted by Crippen LogP contribution is 2.31. The van der Waals surface area contributed by atoms with Gasteiger partial charge < -0.3 is 5.32 Å². The van der Waals surface area contributed by atoms with E-state index in [0.717, 1.165) is 32.2 Å². The van der Waals surface area contributed by atoms with Crippen molar-refractivity contribution in [1.82, 2.24) is 10.2 Å². The molecule has 1 N–H and O–H groups in total. The molecule has 0 aromatic carbocycles. The first-order chi connectivity index (χ1) is 9.85. The van der Waals surface area contributed by atoms with Gasteiger partial charge in [0.1, 0.15) is 0 Å². The molecule has 3 rings (SSSR count). The Balaban J connectivity index is 1.59. The quantitative estimate of drug-likeness (QED) is 0.790. The fourth-order valence-electron chi connectivity index (χ4n) is 2.41. The Morgan fingerprint density at radius 2 is 1.95 bits per heavy atom. The fraction of sp³-hybridized carbons (Fsp3) is 0.500. The molecule has 0 amide bonds. The molecular weight excluding hydrogens is 284 g/mol. The van der Waals surface area contributed by atoms with Crippen molar-refractivity contribution in [3.05, 3.63) is 44.3 Å². The topological polar surface area (TPSA) is 15.3 Å². The molecule has 1 fully saturated rings. The molecule has 2 nitrogen and oxygen atoms in total. The maximum Gasteiger partial charge on any atom is 0.0334 e. The first-order valence-electron chi connectivity index (χ1n) is 7.40. The molecule has 4 heteroatoms. The van der Waals surface area contributed by atoms with Gasteiger partial charge in [-0.1, -0.05) is 13.0 Å². The Kier molecular flexibility index (Phi) is 4.89. The lowest BCUT2D eigenvalue weighted by atomic mass is 10.3. The Morgan fingerprint density at radius 1 is 1.15 bits per heavy atom. The van der Waals surface area contributed by atoms with Gasteiger partial charge in [-0.2, -0.15) is 0 Å². The van der Waals surface area contributed by atoms with Crippen molar-refractivity contribution in [3.8, 4) is 0 Å². The zero-order chi connectivity index (χ0) is 13.8. The zero-order valence-electron chi connectivity index (χ0n) is 12.0. The van der Waals surface area contributed by atoms with E-state index < -0.39 is 0 Å². The third-order valence-corrected chi connectivity index (χ3v) is 5.56. The summed E-state index contributed by atoms with van der Waals surface area (Å²) < 4.78 is 0. The van der Waals surface area contributed by atoms with Crippen molar-refractivity contribution < 1.29 is 0 Å². The van der Waals surface area contributed by atoms with Crippen LogP contribution in [0, 0.1) is 0 Å². The lowest BCUT2D eigenvalue weighted by Crippen LogP contribution is -2.24. The van der Waals surface area contributed by atoms with Crippen LogP contribution in [0.5, 0.6) is 0 Å². The van der Waals surface area contributed by atoms with Crippen LogP contribution in [0.4, 0.5) is 0 Å². The minimum absolute atomic E-state index is 0.816. The van der Waals surface area contributed by atoms with Gasteiger partial charge in [-0.3, -0.25) is 4.90 Å². The average Bonchev–Trinajstić information content (AvgIpc) is 3.00. The monoisotopic (exact) mass is 306 g/mol. The van der Waals surface area contributed by atoms with Gasteiger partial charge in [-0.05, 0) is 43.0 Å². The van der Waals surface area contributed by atoms with Gasteiger partial charge in [0, 0.05) is 40.3 Å². The molecule has 0 bridgehead atoms. The van der Waals surface area contributed by atoms with Gasteiger partial charge in [0.25, 0.3) is 0 Å². The van der Waals surface area contributed by atoms with Gasteiger partial charge in [0.15, 0.2) is 0 Å². The van der Waals surface area contributed by atoms with Crippen molar-refractivity contribution in [2.75, 3.05) is 6.54 Å². The molecule has 0 atom stereocenters. The second kappa shape index (κ2) is 6.85. The van der Waals surface area contributed by atoms with Crippen molar-refractivity contribution >= 4 is 22.7 Å². The summed E-state index contributed by atoms with van der Waals surface area (Å²) in [7, 11) is 0. The van der Waals surface area contributed by atoms with E-state index in [4.69, 9.17) is 0 Å². The molecule has 0 aliphatic heterocycles. The van der Waals surface area contributed by atoms with Gasteiger partial charge in [0.05, 0.1) is 0 Å². The van der Waals surface area contributed by atoms with Gasteiger partial charge in [-0.25, -0.2) is 0 Å². The molecule has 20 heavy (non-hydrogen) atoms. The standard InChI is InChI=1S/C16H22N2S2/c1-2-17-10-14-7-8-16(20-14)12-18(13-5-6-13)11-15-4-3-9-19-15/h3-4,7-9,13,17H,2,5-6,10-12H2,1H3. The van der Waals surface area contributed by atoms with Crippen molar-refractivity contribution in [1.29, 1.82) is 0 Å². The van der Waals surface area contributed by atoms with E-state index in [0.29, 0.717) is 0 Å². The molecule has 0 radical (unpaired) electrons. The molecule has 1 aliphatic carbocycles. The number of hydrogen-bond donors (Lipinski definition) is 1. The largest absolute Gasteiger partial charge is 0.312 e. The highest BCUT2D eigenvalue weighted by molar-refractivity contribution is 7.12. The average molecular weight is 307 g/mol. The van der Waals surface area contributed by atoms with E-state index in [2.05, 4.69) is 46.8 Å². The second-order valence-corrected chi connectivity index (χ2v) is 7.65. The molecule has 2 aromatic rings. The zero-order valence-corrected chi connectivity index (χ0v) is 13.6. The van der Waals surface area contributed by atoms with Crippen LogP contribution in [0.25, 0.3) is 0 Å². The van der Waals surface area contributed by atoms with Crippen LogP contribution < -0.4 is 5.32 Å². The first kappa shape index (κ1) is 14.3. The maximum absolute atomic E-state index is 3.40. The molecule has 0 unspecified atom stereocenters. The number of thiophene rings is 2. The van der Waals surface area contributed by atoms with Crippen LogP contribution in [0.1, 0.15) is 34.4 Å². The summed E-state index contributed by atoms with van der Waals surface area (Å²) in [5.41, 5.74) is 0. The van der Waals surface area contributed by atoms with E-state index in [1.54, 1.807) is 0 Å². The smallest absolute Gasteiger partial charge is 0.0334 e. The third-order valence-electron chi connectivity index (χ3n) is 3.63. The molecule has 2 aromatic heterocycles. The van der Waals surface area contributed by atoms with Crippen LogP contribution in [0.2, 0.25) is 0 Å². The minimum atomic E-state index is 0.816. The van der Waals surface area contributed by atoms with E-state index in [1.165, 1.54) is 27.5 Å². The SMILES string of the molecule is CCNCc1ccc(CN(Cc2cccs2)C2CC2)s1. The molecule has 0 spiro atoms. The van der Waals surface area contributed by atoms with Crippen LogP contribution in [-0.4, -0.2) is 17.5 Å². The van der Waals surface area contributed by atoms with Gasteiger partial charge in [-0.15, -0.1) is 22.7 Å². The lowest BCUT2D eigenvalue weighted by Gasteiger charge is -2.20. The van der Waals surface area contributed by atoms with Crippen LogP contribution in [0.15, 0.2) is 29.6 Å². The van der Waals surface area contributed by atoms with Crippen LogP contribution in [-0.2, 0) is 19.6 Å². The predicted molar refractivity (Wildman–Crippen MR) is 88.3 cm³/mol. The van der Waals surface area contributed by atoms with E-state index in [9.17, 15) is 0 Å².